The highest BCUT2D eigenvalue weighted by Crippen LogP contribution is 2.31. The molecule has 0 aliphatic rings. The fourth-order valence-corrected chi connectivity index (χ4v) is 2.46. The lowest BCUT2D eigenvalue weighted by Gasteiger charge is -2.09. The summed E-state index contributed by atoms with van der Waals surface area (Å²) < 4.78 is 12.8. The van der Waals surface area contributed by atoms with Crippen LogP contribution in [0.3, 0.4) is 0 Å². The number of nitrogens with zero attached hydrogens (tertiary/aromatic N) is 2. The number of benzene rings is 2. The second-order valence-electron chi connectivity index (χ2n) is 4.87. The number of ether oxygens (including phenoxy) is 2. The lowest BCUT2D eigenvalue weighted by atomic mass is 10.1. The minimum absolute atomic E-state index is 0.707. The topological polar surface area (TPSA) is 36.3 Å². The summed E-state index contributed by atoms with van der Waals surface area (Å²) in [7, 11) is 3.28. The van der Waals surface area contributed by atoms with Crippen molar-refractivity contribution in [1.82, 2.24) is 9.55 Å². The summed E-state index contributed by atoms with van der Waals surface area (Å²) in [6.07, 6.45) is 2.84. The lowest BCUT2D eigenvalue weighted by Crippen LogP contribution is -2.00. The first-order chi connectivity index (χ1) is 10.3. The molecular weight excluding hydrogens is 264 g/mol. The first kappa shape index (κ1) is 13.5. The van der Waals surface area contributed by atoms with Crippen molar-refractivity contribution in [2.75, 3.05) is 14.2 Å². The summed E-state index contributed by atoms with van der Waals surface area (Å²) in [6.45, 7) is 0.885. The van der Waals surface area contributed by atoms with Gasteiger partial charge < -0.3 is 14.0 Å². The van der Waals surface area contributed by atoms with E-state index in [1.54, 1.807) is 14.2 Å². The van der Waals surface area contributed by atoms with Crippen LogP contribution >= 0.6 is 0 Å². The van der Waals surface area contributed by atoms with Crippen molar-refractivity contribution in [1.29, 1.82) is 0 Å². The Labute approximate surface area is 123 Å². The van der Waals surface area contributed by atoms with Crippen LogP contribution in [-0.4, -0.2) is 23.8 Å². The van der Waals surface area contributed by atoms with Gasteiger partial charge in [-0.15, -0.1) is 0 Å². The van der Waals surface area contributed by atoms with E-state index < -0.39 is 0 Å². The molecule has 4 nitrogen and oxygen atoms in total. The van der Waals surface area contributed by atoms with Crippen LogP contribution in [0, 0.1) is 0 Å². The summed E-state index contributed by atoms with van der Waals surface area (Å²) in [6, 6.07) is 14.3. The van der Waals surface area contributed by atoms with Crippen LogP contribution < -0.4 is 9.47 Å². The van der Waals surface area contributed by atoms with Crippen molar-refractivity contribution in [3.05, 3.63) is 54.4 Å². The van der Waals surface area contributed by atoms with Gasteiger partial charge in [0.15, 0.2) is 11.5 Å². The molecular formula is C17H18N2O2. The normalized spacial score (nSPS) is 10.8. The van der Waals surface area contributed by atoms with Crippen LogP contribution in [0.2, 0.25) is 0 Å². The van der Waals surface area contributed by atoms with Gasteiger partial charge in [0.2, 0.25) is 0 Å². The van der Waals surface area contributed by atoms with Gasteiger partial charge in [-0.2, -0.15) is 0 Å². The van der Waals surface area contributed by atoms with E-state index in [0.29, 0.717) is 5.75 Å². The van der Waals surface area contributed by atoms with E-state index >= 15 is 0 Å². The molecule has 0 saturated heterocycles. The summed E-state index contributed by atoms with van der Waals surface area (Å²) in [5.74, 6) is 1.43. The van der Waals surface area contributed by atoms with Crippen molar-refractivity contribution in [2.45, 2.75) is 13.0 Å². The van der Waals surface area contributed by atoms with E-state index in [2.05, 4.69) is 33.8 Å². The molecule has 0 aliphatic heterocycles. The number of methoxy groups -OCH3 is 2. The molecule has 0 N–H and O–H groups in total. The Balaban J connectivity index is 1.89. The van der Waals surface area contributed by atoms with E-state index in [1.807, 2.05) is 24.5 Å². The van der Waals surface area contributed by atoms with Gasteiger partial charge in [-0.25, -0.2) is 4.98 Å². The zero-order valence-electron chi connectivity index (χ0n) is 12.2. The number of rotatable bonds is 5. The first-order valence-corrected chi connectivity index (χ1v) is 6.92. The molecule has 108 valence electrons. The van der Waals surface area contributed by atoms with Crippen molar-refractivity contribution in [3.8, 4) is 11.5 Å². The zero-order chi connectivity index (χ0) is 14.7. The van der Waals surface area contributed by atoms with E-state index in [1.165, 1.54) is 5.56 Å². The second-order valence-corrected chi connectivity index (χ2v) is 4.87. The van der Waals surface area contributed by atoms with Crippen molar-refractivity contribution < 1.29 is 9.47 Å². The maximum absolute atomic E-state index is 5.37. The van der Waals surface area contributed by atoms with Gasteiger partial charge in [-0.05, 0) is 12.0 Å². The molecule has 0 fully saturated rings. The molecule has 3 aromatic rings. The predicted octanol–water partition coefficient (Wildman–Crippen LogP) is 3.30. The Morgan fingerprint density at radius 2 is 1.71 bits per heavy atom. The largest absolute Gasteiger partial charge is 0.493 e. The van der Waals surface area contributed by atoms with Crippen LogP contribution in [0.5, 0.6) is 11.5 Å². The molecule has 0 unspecified atom stereocenters. The minimum Gasteiger partial charge on any atom is -0.493 e. The Kier molecular flexibility index (Phi) is 3.77. The molecule has 3 rings (SSSR count). The molecule has 0 spiro atoms. The summed E-state index contributed by atoms with van der Waals surface area (Å²) >= 11 is 0. The highest BCUT2D eigenvalue weighted by molar-refractivity contribution is 5.80. The van der Waals surface area contributed by atoms with Crippen LogP contribution in [0.4, 0.5) is 0 Å². The standard InChI is InChI=1S/C17H18N2O2/c1-20-16-10-14-15(11-17(16)21-2)19(12-18-14)9-8-13-6-4-3-5-7-13/h3-7,10-12H,8-9H2,1-2H3. The smallest absolute Gasteiger partial charge is 0.163 e. The van der Waals surface area contributed by atoms with Gasteiger partial charge in [0.05, 0.1) is 31.6 Å². The van der Waals surface area contributed by atoms with Crippen LogP contribution in [0.1, 0.15) is 5.56 Å². The van der Waals surface area contributed by atoms with E-state index in [9.17, 15) is 0 Å². The van der Waals surface area contributed by atoms with Crippen molar-refractivity contribution >= 4 is 11.0 Å². The molecule has 0 radical (unpaired) electrons. The quantitative estimate of drug-likeness (QED) is 0.720. The predicted molar refractivity (Wildman–Crippen MR) is 83.0 cm³/mol. The number of hydrogen-bond donors (Lipinski definition) is 0. The van der Waals surface area contributed by atoms with Crippen molar-refractivity contribution in [2.24, 2.45) is 0 Å². The molecule has 21 heavy (non-hydrogen) atoms. The average Bonchev–Trinajstić information content (AvgIpc) is 2.94. The SMILES string of the molecule is COc1cc2ncn(CCc3ccccc3)c2cc1OC. The number of fused-ring (bicyclic) bond motifs is 1. The Morgan fingerprint density at radius 1 is 1.00 bits per heavy atom. The minimum atomic E-state index is 0.707. The first-order valence-electron chi connectivity index (χ1n) is 6.92. The maximum atomic E-state index is 5.37. The van der Waals surface area contributed by atoms with Crippen LogP contribution in [0.25, 0.3) is 11.0 Å². The monoisotopic (exact) mass is 282 g/mol. The Morgan fingerprint density at radius 3 is 2.43 bits per heavy atom. The number of imidazole rings is 1. The van der Waals surface area contributed by atoms with Gasteiger partial charge >= 0.3 is 0 Å². The van der Waals surface area contributed by atoms with Crippen LogP contribution in [-0.2, 0) is 13.0 Å². The Hall–Kier alpha value is -2.49. The Bertz CT molecular complexity index is 735. The molecule has 4 heteroatoms. The zero-order valence-corrected chi connectivity index (χ0v) is 12.2. The van der Waals surface area contributed by atoms with Crippen molar-refractivity contribution in [3.63, 3.8) is 0 Å². The fraction of sp³-hybridized carbons (Fsp3) is 0.235. The highest BCUT2D eigenvalue weighted by Gasteiger charge is 2.10. The second kappa shape index (κ2) is 5.87. The van der Waals surface area contributed by atoms with Gasteiger partial charge in [0, 0.05) is 18.7 Å². The third-order valence-electron chi connectivity index (χ3n) is 3.61. The average molecular weight is 282 g/mol. The van der Waals surface area contributed by atoms with E-state index in [4.69, 9.17) is 9.47 Å². The van der Waals surface area contributed by atoms with Crippen LogP contribution in [0.15, 0.2) is 48.8 Å². The molecule has 0 atom stereocenters. The summed E-state index contributed by atoms with van der Waals surface area (Å²) in [5, 5.41) is 0. The molecule has 0 bridgehead atoms. The summed E-state index contributed by atoms with van der Waals surface area (Å²) in [5.41, 5.74) is 3.30. The van der Waals surface area contributed by atoms with Gasteiger partial charge in [0.1, 0.15) is 0 Å². The molecule has 2 aromatic carbocycles. The lowest BCUT2D eigenvalue weighted by molar-refractivity contribution is 0.355. The van der Waals surface area contributed by atoms with Gasteiger partial charge in [-0.1, -0.05) is 30.3 Å². The molecule has 1 aromatic heterocycles. The number of hydrogen-bond acceptors (Lipinski definition) is 3. The third-order valence-corrected chi connectivity index (χ3v) is 3.61. The highest BCUT2D eigenvalue weighted by atomic mass is 16.5. The number of aryl methyl sites for hydroxylation is 2. The maximum Gasteiger partial charge on any atom is 0.163 e. The molecule has 0 amide bonds. The van der Waals surface area contributed by atoms with Gasteiger partial charge in [0.25, 0.3) is 0 Å². The third kappa shape index (κ3) is 2.70. The summed E-state index contributed by atoms with van der Waals surface area (Å²) in [4.78, 5) is 4.44. The van der Waals surface area contributed by atoms with E-state index in [0.717, 1.165) is 29.7 Å². The molecule has 0 aliphatic carbocycles. The van der Waals surface area contributed by atoms with E-state index in [-0.39, 0.29) is 0 Å². The fourth-order valence-electron chi connectivity index (χ4n) is 2.46. The molecule has 1 heterocycles. The number of aromatic nitrogens is 2. The van der Waals surface area contributed by atoms with Gasteiger partial charge in [-0.3, -0.25) is 0 Å². The molecule has 0 saturated carbocycles.